The van der Waals surface area contributed by atoms with E-state index in [2.05, 4.69) is 5.16 Å². The van der Waals surface area contributed by atoms with Crippen LogP contribution >= 0.6 is 0 Å². The summed E-state index contributed by atoms with van der Waals surface area (Å²) in [4.78, 5) is 0. The number of aromatic nitrogens is 1. The lowest BCUT2D eigenvalue weighted by atomic mass is 10.2. The van der Waals surface area contributed by atoms with Crippen molar-refractivity contribution in [3.63, 3.8) is 0 Å². The highest BCUT2D eigenvalue weighted by Crippen LogP contribution is 2.45. The first-order chi connectivity index (χ1) is 5.31. The van der Waals surface area contributed by atoms with Gasteiger partial charge >= 0.3 is 0 Å². The van der Waals surface area contributed by atoms with Gasteiger partial charge in [0.05, 0.1) is 5.69 Å². The fourth-order valence-electron chi connectivity index (χ4n) is 1.43. The zero-order valence-electron chi connectivity index (χ0n) is 6.58. The minimum atomic E-state index is 0.581. The molecule has 1 aromatic heterocycles. The Hall–Kier alpha value is -0.830. The highest BCUT2D eigenvalue weighted by molar-refractivity contribution is 5.17. The van der Waals surface area contributed by atoms with Gasteiger partial charge in [-0.15, -0.1) is 0 Å². The summed E-state index contributed by atoms with van der Waals surface area (Å²) in [5.74, 6) is 2.12. The third kappa shape index (κ3) is 1.16. The summed E-state index contributed by atoms with van der Waals surface area (Å²) in [6.45, 7) is 2.69. The van der Waals surface area contributed by atoms with Gasteiger partial charge in [-0.2, -0.15) is 0 Å². The maximum atomic E-state index is 5.51. The van der Waals surface area contributed by atoms with Crippen LogP contribution in [0.2, 0.25) is 0 Å². The molecule has 1 fully saturated rings. The maximum absolute atomic E-state index is 5.51. The van der Waals surface area contributed by atoms with Crippen molar-refractivity contribution < 1.29 is 4.52 Å². The van der Waals surface area contributed by atoms with Crippen molar-refractivity contribution in [2.75, 3.05) is 6.54 Å². The molecule has 1 heterocycles. The summed E-state index contributed by atoms with van der Waals surface area (Å²) in [5, 5.41) is 3.95. The second kappa shape index (κ2) is 2.34. The summed E-state index contributed by atoms with van der Waals surface area (Å²) < 4.78 is 4.97. The van der Waals surface area contributed by atoms with Crippen LogP contribution in [-0.2, 0) is 0 Å². The van der Waals surface area contributed by atoms with Crippen molar-refractivity contribution in [2.45, 2.75) is 19.3 Å². The molecule has 0 bridgehead atoms. The Morgan fingerprint density at radius 1 is 1.82 bits per heavy atom. The Morgan fingerprint density at radius 3 is 3.09 bits per heavy atom. The zero-order valence-corrected chi connectivity index (χ0v) is 6.58. The fraction of sp³-hybridized carbons (Fsp3) is 0.625. The van der Waals surface area contributed by atoms with Crippen molar-refractivity contribution in [3.8, 4) is 0 Å². The lowest BCUT2D eigenvalue weighted by Crippen LogP contribution is -2.01. The summed E-state index contributed by atoms with van der Waals surface area (Å²) in [5.41, 5.74) is 6.59. The first-order valence-corrected chi connectivity index (χ1v) is 3.94. The van der Waals surface area contributed by atoms with Gasteiger partial charge in [-0.05, 0) is 25.8 Å². The van der Waals surface area contributed by atoms with E-state index in [1.165, 1.54) is 6.42 Å². The van der Waals surface area contributed by atoms with E-state index in [-0.39, 0.29) is 0 Å². The van der Waals surface area contributed by atoms with Crippen LogP contribution in [0.3, 0.4) is 0 Å². The maximum Gasteiger partial charge on any atom is 0.133 e. The molecule has 0 unspecified atom stereocenters. The molecule has 0 radical (unpaired) electrons. The lowest BCUT2D eigenvalue weighted by Gasteiger charge is -1.87. The van der Waals surface area contributed by atoms with E-state index >= 15 is 0 Å². The molecule has 2 atom stereocenters. The number of nitrogens with zero attached hydrogens (tertiary/aromatic N) is 1. The molecule has 60 valence electrons. The number of hydrogen-bond acceptors (Lipinski definition) is 3. The molecule has 2 rings (SSSR count). The van der Waals surface area contributed by atoms with Crippen LogP contribution in [0.4, 0.5) is 0 Å². The number of aryl methyl sites for hydroxylation is 1. The summed E-state index contributed by atoms with van der Waals surface area (Å²) >= 11 is 0. The Labute approximate surface area is 65.6 Å². The predicted molar refractivity (Wildman–Crippen MR) is 41.1 cm³/mol. The number of hydrogen-bond donors (Lipinski definition) is 1. The van der Waals surface area contributed by atoms with Gasteiger partial charge in [0.25, 0.3) is 0 Å². The molecule has 3 heteroatoms. The Morgan fingerprint density at radius 2 is 2.64 bits per heavy atom. The highest BCUT2D eigenvalue weighted by Gasteiger charge is 2.39. The molecule has 0 spiro atoms. The number of nitrogens with two attached hydrogens (primary N) is 1. The van der Waals surface area contributed by atoms with Gasteiger partial charge in [0.2, 0.25) is 0 Å². The molecule has 1 aliphatic rings. The zero-order chi connectivity index (χ0) is 7.84. The van der Waals surface area contributed by atoms with E-state index in [4.69, 9.17) is 10.3 Å². The standard InChI is InChI=1S/C8H12N2O/c1-5-2-8(10-11-5)7-3-6(7)4-9/h2,6-7H,3-4,9H2,1H3/t6-,7+/m0/s1. The first-order valence-electron chi connectivity index (χ1n) is 3.94. The molecule has 3 nitrogen and oxygen atoms in total. The lowest BCUT2D eigenvalue weighted by molar-refractivity contribution is 0.390. The second-order valence-electron chi connectivity index (χ2n) is 3.20. The molecule has 0 aromatic carbocycles. The van der Waals surface area contributed by atoms with Crippen LogP contribution < -0.4 is 5.73 Å². The average Bonchev–Trinajstić information content (AvgIpc) is 2.68. The van der Waals surface area contributed by atoms with Gasteiger partial charge < -0.3 is 10.3 Å². The van der Waals surface area contributed by atoms with Crippen LogP contribution in [0.15, 0.2) is 10.6 Å². The van der Waals surface area contributed by atoms with Gasteiger partial charge in [-0.25, -0.2) is 0 Å². The van der Waals surface area contributed by atoms with Gasteiger partial charge in [0.1, 0.15) is 5.76 Å². The van der Waals surface area contributed by atoms with Crippen molar-refractivity contribution in [1.82, 2.24) is 5.16 Å². The smallest absolute Gasteiger partial charge is 0.133 e. The first kappa shape index (κ1) is 6.85. The molecule has 0 saturated heterocycles. The Kier molecular flexibility index (Phi) is 1.46. The van der Waals surface area contributed by atoms with Crippen molar-refractivity contribution in [2.24, 2.45) is 11.7 Å². The molecular formula is C8H12N2O. The predicted octanol–water partition coefficient (Wildman–Crippen LogP) is 1.05. The summed E-state index contributed by atoms with van der Waals surface area (Å²) in [6.07, 6.45) is 1.18. The van der Waals surface area contributed by atoms with E-state index in [0.717, 1.165) is 18.0 Å². The van der Waals surface area contributed by atoms with Crippen LogP contribution in [0.1, 0.15) is 23.8 Å². The minimum absolute atomic E-state index is 0.581. The molecule has 11 heavy (non-hydrogen) atoms. The molecular weight excluding hydrogens is 140 g/mol. The largest absolute Gasteiger partial charge is 0.361 e. The fourth-order valence-corrected chi connectivity index (χ4v) is 1.43. The number of rotatable bonds is 2. The van der Waals surface area contributed by atoms with Crippen molar-refractivity contribution >= 4 is 0 Å². The highest BCUT2D eigenvalue weighted by atomic mass is 16.5. The molecule has 2 N–H and O–H groups in total. The van der Waals surface area contributed by atoms with E-state index < -0.39 is 0 Å². The van der Waals surface area contributed by atoms with E-state index in [1.54, 1.807) is 0 Å². The van der Waals surface area contributed by atoms with Crippen LogP contribution in [-0.4, -0.2) is 11.7 Å². The molecule has 1 saturated carbocycles. The topological polar surface area (TPSA) is 52.0 Å². The normalized spacial score (nSPS) is 28.9. The van der Waals surface area contributed by atoms with Crippen LogP contribution in [0.5, 0.6) is 0 Å². The van der Waals surface area contributed by atoms with E-state index in [9.17, 15) is 0 Å². The van der Waals surface area contributed by atoms with Crippen LogP contribution in [0.25, 0.3) is 0 Å². The molecule has 1 aliphatic carbocycles. The van der Waals surface area contributed by atoms with E-state index in [1.807, 2.05) is 13.0 Å². The average molecular weight is 152 g/mol. The van der Waals surface area contributed by atoms with Crippen molar-refractivity contribution in [1.29, 1.82) is 0 Å². The monoisotopic (exact) mass is 152 g/mol. The quantitative estimate of drug-likeness (QED) is 0.689. The molecule has 0 aliphatic heterocycles. The van der Waals surface area contributed by atoms with Crippen LogP contribution in [0, 0.1) is 12.8 Å². The SMILES string of the molecule is Cc1cc([C@@H]2C[C@H]2CN)no1. The van der Waals surface area contributed by atoms with Gasteiger partial charge in [0, 0.05) is 12.0 Å². The second-order valence-corrected chi connectivity index (χ2v) is 3.20. The van der Waals surface area contributed by atoms with Gasteiger partial charge in [-0.3, -0.25) is 0 Å². The molecule has 1 aromatic rings. The Bertz CT molecular complexity index is 256. The summed E-state index contributed by atoms with van der Waals surface area (Å²) in [6, 6.07) is 2.00. The third-order valence-electron chi connectivity index (χ3n) is 2.25. The van der Waals surface area contributed by atoms with Gasteiger partial charge in [0.15, 0.2) is 0 Å². The van der Waals surface area contributed by atoms with E-state index in [0.29, 0.717) is 11.8 Å². The van der Waals surface area contributed by atoms with Crippen molar-refractivity contribution in [3.05, 3.63) is 17.5 Å². The Balaban J connectivity index is 2.08. The third-order valence-corrected chi connectivity index (χ3v) is 2.25. The molecule has 0 amide bonds. The minimum Gasteiger partial charge on any atom is -0.361 e. The summed E-state index contributed by atoms with van der Waals surface area (Å²) in [7, 11) is 0. The van der Waals surface area contributed by atoms with Gasteiger partial charge in [-0.1, -0.05) is 5.16 Å².